The Morgan fingerprint density at radius 3 is 2.60 bits per heavy atom. The van der Waals surface area contributed by atoms with E-state index in [1.807, 2.05) is 13.8 Å². The van der Waals surface area contributed by atoms with Crippen LogP contribution in [0.25, 0.3) is 0 Å². The minimum Gasteiger partial charge on any atom is -0.478 e. The molecule has 0 amide bonds. The molecule has 1 aromatic rings. The molecule has 0 saturated carbocycles. The van der Waals surface area contributed by atoms with Gasteiger partial charge in [-0.15, -0.1) is 0 Å². The molecule has 110 valence electrons. The van der Waals surface area contributed by atoms with Crippen LogP contribution >= 0.6 is 0 Å². The SMILES string of the molecule is CCC(C)(CCO)Nc1ccc(C(=O)O)cc1[N+](=O)[O-]. The largest absolute Gasteiger partial charge is 0.478 e. The van der Waals surface area contributed by atoms with Crippen molar-refractivity contribution in [1.82, 2.24) is 0 Å². The third-order valence-corrected chi connectivity index (χ3v) is 3.32. The summed E-state index contributed by atoms with van der Waals surface area (Å²) in [5.74, 6) is -1.21. The lowest BCUT2D eigenvalue weighted by Gasteiger charge is -2.30. The summed E-state index contributed by atoms with van der Waals surface area (Å²) in [5, 5.41) is 32.0. The Morgan fingerprint density at radius 1 is 1.50 bits per heavy atom. The van der Waals surface area contributed by atoms with Crippen molar-refractivity contribution in [3.8, 4) is 0 Å². The van der Waals surface area contributed by atoms with E-state index in [0.29, 0.717) is 12.8 Å². The third kappa shape index (κ3) is 3.67. The van der Waals surface area contributed by atoms with Crippen molar-refractivity contribution >= 4 is 17.3 Å². The van der Waals surface area contributed by atoms with E-state index < -0.39 is 16.4 Å². The van der Waals surface area contributed by atoms with Gasteiger partial charge in [0.05, 0.1) is 10.5 Å². The van der Waals surface area contributed by atoms with Gasteiger partial charge in [-0.3, -0.25) is 10.1 Å². The van der Waals surface area contributed by atoms with Gasteiger partial charge in [-0.1, -0.05) is 6.92 Å². The Hall–Kier alpha value is -2.15. The summed E-state index contributed by atoms with van der Waals surface area (Å²) in [5.41, 5.74) is -0.674. The van der Waals surface area contributed by atoms with Gasteiger partial charge >= 0.3 is 5.97 Å². The molecule has 0 saturated heterocycles. The standard InChI is InChI=1S/C13H18N2O5/c1-3-13(2,6-7-16)14-10-5-4-9(12(17)18)8-11(10)15(19)20/h4-5,8,14,16H,3,6-7H2,1-2H3,(H,17,18). The Morgan fingerprint density at radius 2 is 2.15 bits per heavy atom. The zero-order valence-corrected chi connectivity index (χ0v) is 11.4. The normalized spacial score (nSPS) is 13.6. The second-order valence-corrected chi connectivity index (χ2v) is 4.81. The smallest absolute Gasteiger partial charge is 0.335 e. The van der Waals surface area contributed by atoms with Gasteiger partial charge in [0.1, 0.15) is 5.69 Å². The average molecular weight is 282 g/mol. The van der Waals surface area contributed by atoms with E-state index in [2.05, 4.69) is 5.32 Å². The lowest BCUT2D eigenvalue weighted by Crippen LogP contribution is -2.35. The summed E-state index contributed by atoms with van der Waals surface area (Å²) in [6.07, 6.45) is 1.09. The highest BCUT2D eigenvalue weighted by Gasteiger charge is 2.25. The van der Waals surface area contributed by atoms with Crippen LogP contribution in [-0.2, 0) is 0 Å². The van der Waals surface area contributed by atoms with Crippen LogP contribution in [0.3, 0.4) is 0 Å². The first-order chi connectivity index (χ1) is 9.33. The number of hydrogen-bond acceptors (Lipinski definition) is 5. The fraction of sp³-hybridized carbons (Fsp3) is 0.462. The van der Waals surface area contributed by atoms with Crippen LogP contribution < -0.4 is 5.32 Å². The summed E-state index contributed by atoms with van der Waals surface area (Å²) in [7, 11) is 0. The van der Waals surface area contributed by atoms with Gasteiger partial charge in [0.2, 0.25) is 0 Å². The van der Waals surface area contributed by atoms with Gasteiger partial charge in [0.25, 0.3) is 5.69 Å². The fourth-order valence-electron chi connectivity index (χ4n) is 1.82. The molecule has 1 aromatic carbocycles. The Balaban J connectivity index is 3.17. The Bertz CT molecular complexity index is 517. The van der Waals surface area contributed by atoms with E-state index in [9.17, 15) is 14.9 Å². The van der Waals surface area contributed by atoms with Crippen LogP contribution in [0.1, 0.15) is 37.0 Å². The monoisotopic (exact) mass is 282 g/mol. The molecule has 0 aliphatic carbocycles. The summed E-state index contributed by atoms with van der Waals surface area (Å²) < 4.78 is 0. The number of carboxylic acids is 1. The number of hydrogen-bond donors (Lipinski definition) is 3. The number of nitrogens with one attached hydrogen (secondary N) is 1. The van der Waals surface area contributed by atoms with Crippen LogP contribution in [0.5, 0.6) is 0 Å². The number of carbonyl (C=O) groups is 1. The van der Waals surface area contributed by atoms with Crippen LogP contribution in [0.15, 0.2) is 18.2 Å². The molecule has 3 N–H and O–H groups in total. The van der Waals surface area contributed by atoms with Crippen LogP contribution in [0.4, 0.5) is 11.4 Å². The third-order valence-electron chi connectivity index (χ3n) is 3.32. The van der Waals surface area contributed by atoms with Gasteiger partial charge in [0.15, 0.2) is 0 Å². The molecule has 7 nitrogen and oxygen atoms in total. The molecule has 1 unspecified atom stereocenters. The molecule has 0 spiro atoms. The molecule has 0 aromatic heterocycles. The first-order valence-electron chi connectivity index (χ1n) is 6.23. The highest BCUT2D eigenvalue weighted by Crippen LogP contribution is 2.30. The van der Waals surface area contributed by atoms with Gasteiger partial charge in [0, 0.05) is 18.2 Å². The fourth-order valence-corrected chi connectivity index (χ4v) is 1.82. The van der Waals surface area contributed by atoms with Crippen molar-refractivity contribution in [3.63, 3.8) is 0 Å². The Labute approximate surface area is 116 Å². The van der Waals surface area contributed by atoms with Crippen molar-refractivity contribution < 1.29 is 19.9 Å². The van der Waals surface area contributed by atoms with Crippen molar-refractivity contribution in [3.05, 3.63) is 33.9 Å². The molecule has 0 radical (unpaired) electrons. The summed E-state index contributed by atoms with van der Waals surface area (Å²) in [4.78, 5) is 21.3. The maximum Gasteiger partial charge on any atom is 0.335 e. The minimum absolute atomic E-state index is 0.0433. The molecule has 1 atom stereocenters. The maximum absolute atomic E-state index is 11.1. The molecule has 7 heteroatoms. The lowest BCUT2D eigenvalue weighted by molar-refractivity contribution is -0.384. The summed E-state index contributed by atoms with van der Waals surface area (Å²) in [6, 6.07) is 3.72. The quantitative estimate of drug-likeness (QED) is 0.522. The maximum atomic E-state index is 11.1. The second-order valence-electron chi connectivity index (χ2n) is 4.81. The second kappa shape index (κ2) is 6.33. The number of nitro benzene ring substituents is 1. The predicted molar refractivity (Wildman–Crippen MR) is 74.1 cm³/mol. The lowest BCUT2D eigenvalue weighted by atomic mass is 9.94. The van der Waals surface area contributed by atoms with E-state index >= 15 is 0 Å². The number of nitro groups is 1. The van der Waals surface area contributed by atoms with Gasteiger partial charge in [-0.05, 0) is 31.9 Å². The van der Waals surface area contributed by atoms with Crippen LogP contribution in [0.2, 0.25) is 0 Å². The Kier molecular flexibility index (Phi) is 5.04. The number of nitrogens with zero attached hydrogens (tertiary/aromatic N) is 1. The van der Waals surface area contributed by atoms with E-state index in [-0.39, 0.29) is 23.5 Å². The van der Waals surface area contributed by atoms with E-state index in [4.69, 9.17) is 10.2 Å². The number of rotatable bonds is 7. The summed E-state index contributed by atoms with van der Waals surface area (Å²) in [6.45, 7) is 3.70. The number of carboxylic acid groups (broad SMARTS) is 1. The van der Waals surface area contributed by atoms with E-state index in [0.717, 1.165) is 6.07 Å². The molecule has 0 fully saturated rings. The van der Waals surface area contributed by atoms with Crippen LogP contribution in [-0.4, -0.2) is 33.3 Å². The van der Waals surface area contributed by atoms with E-state index in [1.165, 1.54) is 12.1 Å². The number of aromatic carboxylic acids is 1. The van der Waals surface area contributed by atoms with Crippen molar-refractivity contribution in [2.24, 2.45) is 0 Å². The molecule has 0 bridgehead atoms. The average Bonchev–Trinajstić information content (AvgIpc) is 2.38. The van der Waals surface area contributed by atoms with Crippen LogP contribution in [0, 0.1) is 10.1 Å². The summed E-state index contributed by atoms with van der Waals surface area (Å²) >= 11 is 0. The molecule has 1 rings (SSSR count). The first kappa shape index (κ1) is 15.9. The van der Waals surface area contributed by atoms with Crippen molar-refractivity contribution in [2.45, 2.75) is 32.2 Å². The molecule has 20 heavy (non-hydrogen) atoms. The van der Waals surface area contributed by atoms with Gasteiger partial charge in [-0.2, -0.15) is 0 Å². The van der Waals surface area contributed by atoms with E-state index in [1.54, 1.807) is 0 Å². The molecule has 0 heterocycles. The highest BCUT2D eigenvalue weighted by atomic mass is 16.6. The minimum atomic E-state index is -1.21. The number of benzene rings is 1. The van der Waals surface area contributed by atoms with Gasteiger partial charge < -0.3 is 15.5 Å². The van der Waals surface area contributed by atoms with Crippen molar-refractivity contribution in [2.75, 3.05) is 11.9 Å². The highest BCUT2D eigenvalue weighted by molar-refractivity contribution is 5.89. The topological polar surface area (TPSA) is 113 Å². The molecule has 0 aliphatic heterocycles. The number of aliphatic hydroxyl groups excluding tert-OH is 1. The number of anilines is 1. The molecule has 0 aliphatic rings. The zero-order valence-electron chi connectivity index (χ0n) is 11.4. The number of aliphatic hydroxyl groups is 1. The molecular weight excluding hydrogens is 264 g/mol. The van der Waals surface area contributed by atoms with Crippen molar-refractivity contribution in [1.29, 1.82) is 0 Å². The predicted octanol–water partition coefficient (Wildman–Crippen LogP) is 2.26. The zero-order chi connectivity index (χ0) is 15.3. The van der Waals surface area contributed by atoms with Gasteiger partial charge in [-0.25, -0.2) is 4.79 Å². The first-order valence-corrected chi connectivity index (χ1v) is 6.23. The molecular formula is C13H18N2O5.